The summed E-state index contributed by atoms with van der Waals surface area (Å²) >= 11 is 0. The van der Waals surface area contributed by atoms with Crippen molar-refractivity contribution in [2.24, 2.45) is 18.7 Å². The molecule has 3 heterocycles. The van der Waals surface area contributed by atoms with Crippen LogP contribution in [0.15, 0.2) is 36.5 Å². The number of carbonyl (C=O) groups is 3. The van der Waals surface area contributed by atoms with Gasteiger partial charge in [0, 0.05) is 62.5 Å². The Bertz CT molecular complexity index is 1680. The topological polar surface area (TPSA) is 156 Å². The molecule has 12 nitrogen and oxygen atoms in total. The molecule has 3 N–H and O–H groups in total. The van der Waals surface area contributed by atoms with Gasteiger partial charge >= 0.3 is 0 Å². The predicted molar refractivity (Wildman–Crippen MR) is 163 cm³/mol. The zero-order valence-corrected chi connectivity index (χ0v) is 25.6. The molecule has 0 aliphatic carbocycles. The van der Waals surface area contributed by atoms with Crippen LogP contribution in [0.5, 0.6) is 5.75 Å². The number of aryl methyl sites for hydroxylation is 1. The van der Waals surface area contributed by atoms with Crippen LogP contribution in [0.2, 0.25) is 0 Å². The molecule has 3 amide bonds. The Morgan fingerprint density at radius 3 is 2.59 bits per heavy atom. The zero-order chi connectivity index (χ0) is 33.0. The molecule has 0 unspecified atom stereocenters. The SMILES string of the molecule is Cc1cc(NC(=O)c2ncc(-c3ccc(OCC#N)c(F)c3F)n2C)ccc1C(=O)N1CCC(C(=O)N2CCO[C@@H](CN)C2)CC1. The molecule has 2 saturated heterocycles. The van der Waals surface area contributed by atoms with Crippen LogP contribution in [0.1, 0.15) is 39.4 Å². The summed E-state index contributed by atoms with van der Waals surface area (Å²) in [5, 5.41) is 11.4. The Hall–Kier alpha value is -4.87. The first-order valence-electron chi connectivity index (χ1n) is 14.9. The first kappa shape index (κ1) is 32.5. The van der Waals surface area contributed by atoms with Gasteiger partial charge in [-0.2, -0.15) is 9.65 Å². The molecular formula is C32H35F2N7O5. The molecule has 0 spiro atoms. The fourth-order valence-corrected chi connectivity index (χ4v) is 5.81. The van der Waals surface area contributed by atoms with E-state index >= 15 is 0 Å². The molecule has 46 heavy (non-hydrogen) atoms. The minimum absolute atomic E-state index is 0.0505. The molecule has 0 saturated carbocycles. The van der Waals surface area contributed by atoms with Crippen molar-refractivity contribution in [3.8, 4) is 23.1 Å². The van der Waals surface area contributed by atoms with E-state index in [1.165, 1.54) is 29.9 Å². The monoisotopic (exact) mass is 635 g/mol. The molecule has 2 aliphatic rings. The molecule has 14 heteroatoms. The van der Waals surface area contributed by atoms with Gasteiger partial charge in [-0.15, -0.1) is 0 Å². The van der Waals surface area contributed by atoms with Crippen molar-refractivity contribution in [1.29, 1.82) is 5.26 Å². The lowest BCUT2D eigenvalue weighted by Gasteiger charge is -2.37. The van der Waals surface area contributed by atoms with Gasteiger partial charge in [-0.25, -0.2) is 9.37 Å². The van der Waals surface area contributed by atoms with E-state index in [1.807, 2.05) is 4.90 Å². The number of morpholine rings is 1. The van der Waals surface area contributed by atoms with Crippen LogP contribution in [0, 0.1) is 35.8 Å². The lowest BCUT2D eigenvalue weighted by atomic mass is 9.94. The molecule has 0 radical (unpaired) electrons. The third-order valence-electron chi connectivity index (χ3n) is 8.37. The normalized spacial score (nSPS) is 17.0. The second-order valence-corrected chi connectivity index (χ2v) is 11.3. The Morgan fingerprint density at radius 2 is 1.89 bits per heavy atom. The van der Waals surface area contributed by atoms with E-state index in [4.69, 9.17) is 20.5 Å². The predicted octanol–water partition coefficient (Wildman–Crippen LogP) is 2.87. The number of nitrogens with zero attached hydrogens (tertiary/aromatic N) is 5. The van der Waals surface area contributed by atoms with E-state index < -0.39 is 29.9 Å². The Kier molecular flexibility index (Phi) is 9.93. The molecule has 5 rings (SSSR count). The van der Waals surface area contributed by atoms with Gasteiger partial charge in [0.15, 0.2) is 24.0 Å². The van der Waals surface area contributed by atoms with Gasteiger partial charge in [0.05, 0.1) is 24.6 Å². The standard InChI is InChI=1S/C32H35F2N7O5/c1-19-15-21(38-30(42)29-37-17-25(39(29)2)24-5-6-26(46-13-9-35)28(34)27(24)33)3-4-23(19)32(44)40-10-7-20(8-11-40)31(43)41-12-14-45-22(16-36)18-41/h3-6,15,17,20,22H,7-8,10-14,16,18,36H2,1-2H3,(H,38,42)/t22-/m0/s1. The van der Waals surface area contributed by atoms with E-state index in [2.05, 4.69) is 10.3 Å². The molecule has 0 bridgehead atoms. The summed E-state index contributed by atoms with van der Waals surface area (Å²) in [5.74, 6) is -3.71. The van der Waals surface area contributed by atoms with Gasteiger partial charge < -0.3 is 34.9 Å². The minimum atomic E-state index is -1.25. The molecule has 1 atom stereocenters. The van der Waals surface area contributed by atoms with Crippen molar-refractivity contribution in [1.82, 2.24) is 19.4 Å². The molecule has 3 aromatic rings. The van der Waals surface area contributed by atoms with Crippen LogP contribution in [0.4, 0.5) is 14.5 Å². The summed E-state index contributed by atoms with van der Waals surface area (Å²) in [4.78, 5) is 47.2. The van der Waals surface area contributed by atoms with Crippen molar-refractivity contribution in [2.75, 3.05) is 51.3 Å². The number of nitrogens with two attached hydrogens (primary N) is 1. The number of halogens is 2. The van der Waals surface area contributed by atoms with Crippen molar-refractivity contribution < 1.29 is 32.6 Å². The number of benzene rings is 2. The lowest BCUT2D eigenvalue weighted by molar-refractivity contribution is -0.144. The van der Waals surface area contributed by atoms with Crippen LogP contribution in [-0.2, 0) is 16.6 Å². The number of imidazole rings is 1. The number of rotatable bonds is 8. The Labute approximate surface area is 264 Å². The van der Waals surface area contributed by atoms with Crippen LogP contribution in [0.3, 0.4) is 0 Å². The number of ether oxygens (including phenoxy) is 2. The molecule has 242 valence electrons. The third kappa shape index (κ3) is 6.70. The van der Waals surface area contributed by atoms with E-state index in [1.54, 1.807) is 36.1 Å². The highest BCUT2D eigenvalue weighted by atomic mass is 19.2. The summed E-state index contributed by atoms with van der Waals surface area (Å²) < 4.78 is 41.1. The van der Waals surface area contributed by atoms with Gasteiger partial charge in [-0.1, -0.05) is 0 Å². The molecular weight excluding hydrogens is 600 g/mol. The summed E-state index contributed by atoms with van der Waals surface area (Å²) in [6, 6.07) is 9.10. The highest BCUT2D eigenvalue weighted by molar-refractivity contribution is 6.03. The third-order valence-corrected chi connectivity index (χ3v) is 8.37. The van der Waals surface area contributed by atoms with Crippen LogP contribution >= 0.6 is 0 Å². The zero-order valence-electron chi connectivity index (χ0n) is 25.6. The molecule has 2 aromatic carbocycles. The smallest absolute Gasteiger partial charge is 0.291 e. The summed E-state index contributed by atoms with van der Waals surface area (Å²) in [6.07, 6.45) is 2.25. The van der Waals surface area contributed by atoms with Crippen LogP contribution < -0.4 is 15.8 Å². The van der Waals surface area contributed by atoms with E-state index in [-0.39, 0.29) is 40.9 Å². The maximum Gasteiger partial charge on any atom is 0.291 e. The van der Waals surface area contributed by atoms with Gasteiger partial charge in [0.2, 0.25) is 11.7 Å². The Morgan fingerprint density at radius 1 is 1.13 bits per heavy atom. The average molecular weight is 636 g/mol. The number of hydrogen-bond donors (Lipinski definition) is 2. The highest BCUT2D eigenvalue weighted by Gasteiger charge is 2.33. The maximum atomic E-state index is 14.8. The van der Waals surface area contributed by atoms with Crippen molar-refractivity contribution in [3.63, 3.8) is 0 Å². The molecule has 2 aliphatic heterocycles. The number of nitriles is 1. The summed E-state index contributed by atoms with van der Waals surface area (Å²) in [7, 11) is 1.50. The second kappa shape index (κ2) is 14.1. The van der Waals surface area contributed by atoms with Crippen molar-refractivity contribution in [3.05, 3.63) is 65.1 Å². The molecule has 2 fully saturated rings. The summed E-state index contributed by atoms with van der Waals surface area (Å²) in [5.41, 5.74) is 7.29. The maximum absolute atomic E-state index is 14.8. The number of carbonyl (C=O) groups excluding carboxylic acids is 3. The number of aromatic nitrogens is 2. The van der Waals surface area contributed by atoms with E-state index in [0.29, 0.717) is 69.0 Å². The van der Waals surface area contributed by atoms with Gasteiger partial charge in [0.1, 0.15) is 6.07 Å². The fraction of sp³-hybridized carbons (Fsp3) is 0.406. The second-order valence-electron chi connectivity index (χ2n) is 11.3. The molecule has 1 aromatic heterocycles. The van der Waals surface area contributed by atoms with Crippen molar-refractivity contribution in [2.45, 2.75) is 25.9 Å². The first-order valence-corrected chi connectivity index (χ1v) is 14.9. The fourth-order valence-electron chi connectivity index (χ4n) is 5.81. The van der Waals surface area contributed by atoms with Crippen molar-refractivity contribution >= 4 is 23.4 Å². The number of nitrogens with one attached hydrogen (secondary N) is 1. The quantitative estimate of drug-likeness (QED) is 0.383. The number of anilines is 1. The Balaban J connectivity index is 1.20. The number of hydrogen-bond acceptors (Lipinski definition) is 8. The largest absolute Gasteiger partial charge is 0.476 e. The van der Waals surface area contributed by atoms with E-state index in [0.717, 1.165) is 0 Å². The van der Waals surface area contributed by atoms with Crippen LogP contribution in [-0.4, -0.2) is 89.1 Å². The number of likely N-dealkylation sites (tertiary alicyclic amines) is 1. The number of piperidine rings is 1. The van der Waals surface area contributed by atoms with Gasteiger partial charge in [-0.05, 0) is 55.7 Å². The number of amides is 3. The minimum Gasteiger partial charge on any atom is -0.476 e. The average Bonchev–Trinajstić information content (AvgIpc) is 3.45. The van der Waals surface area contributed by atoms with Gasteiger partial charge in [-0.3, -0.25) is 14.4 Å². The van der Waals surface area contributed by atoms with Gasteiger partial charge in [0.25, 0.3) is 11.8 Å². The first-order chi connectivity index (χ1) is 22.1. The summed E-state index contributed by atoms with van der Waals surface area (Å²) in [6.45, 7) is 4.12. The van der Waals surface area contributed by atoms with Crippen LogP contribution in [0.25, 0.3) is 11.3 Å². The lowest BCUT2D eigenvalue weighted by Crippen LogP contribution is -2.51. The highest BCUT2D eigenvalue weighted by Crippen LogP contribution is 2.30. The van der Waals surface area contributed by atoms with E-state index in [9.17, 15) is 23.2 Å².